The van der Waals surface area contributed by atoms with Gasteiger partial charge >= 0.3 is 12.0 Å². The molecule has 150 valence electrons. The zero-order chi connectivity index (χ0) is 20.7. The van der Waals surface area contributed by atoms with Crippen molar-refractivity contribution >= 4 is 29.2 Å². The number of aromatic nitrogens is 1. The maximum atomic E-state index is 12.3. The average molecular weight is 405 g/mol. The van der Waals surface area contributed by atoms with Gasteiger partial charge in [0.1, 0.15) is 17.9 Å². The summed E-state index contributed by atoms with van der Waals surface area (Å²) in [4.78, 5) is 40.0. The van der Waals surface area contributed by atoms with Crippen molar-refractivity contribution in [3.63, 3.8) is 0 Å². The Morgan fingerprint density at radius 3 is 2.54 bits per heavy atom. The second kappa shape index (κ2) is 9.32. The molecule has 1 aromatic carbocycles. The molecule has 2 rings (SSSR count). The quantitative estimate of drug-likeness (QED) is 0.716. The summed E-state index contributed by atoms with van der Waals surface area (Å²) in [7, 11) is 0. The molecule has 0 atom stereocenters. The Hall–Kier alpha value is -2.94. The van der Waals surface area contributed by atoms with Crippen LogP contribution in [0.25, 0.3) is 0 Å². The molecule has 28 heavy (non-hydrogen) atoms. The smallest absolute Gasteiger partial charge is 0.342 e. The number of benzene rings is 1. The van der Waals surface area contributed by atoms with E-state index in [1.807, 2.05) is 12.3 Å². The van der Waals surface area contributed by atoms with Gasteiger partial charge in [-0.3, -0.25) is 10.1 Å². The highest BCUT2D eigenvalue weighted by Gasteiger charge is 2.18. The van der Waals surface area contributed by atoms with Gasteiger partial charge in [-0.1, -0.05) is 12.1 Å². The van der Waals surface area contributed by atoms with E-state index in [2.05, 4.69) is 15.6 Å². The normalized spacial score (nSPS) is 10.9. The zero-order valence-corrected chi connectivity index (χ0v) is 17.0. The molecule has 0 fully saturated rings. The van der Waals surface area contributed by atoms with Crippen molar-refractivity contribution in [2.24, 2.45) is 0 Å². The number of para-hydroxylation sites is 1. The third-order valence-electron chi connectivity index (χ3n) is 3.22. The van der Waals surface area contributed by atoms with E-state index in [0.29, 0.717) is 5.75 Å². The molecule has 2 aromatic rings. The highest BCUT2D eigenvalue weighted by Crippen LogP contribution is 2.20. The number of hydrogen-bond acceptors (Lipinski definition) is 7. The molecule has 8 nitrogen and oxygen atoms in total. The Kier molecular flexibility index (Phi) is 7.11. The lowest BCUT2D eigenvalue weighted by molar-refractivity contribution is -0.123. The number of carbonyl (C=O) groups excluding carboxylic acids is 3. The molecular formula is C19H23N3O5S. The number of imide groups is 1. The first kappa shape index (κ1) is 21.4. The fourth-order valence-corrected chi connectivity index (χ4v) is 2.73. The molecule has 1 aromatic heterocycles. The van der Waals surface area contributed by atoms with Crippen LogP contribution in [0.3, 0.4) is 0 Å². The highest BCUT2D eigenvalue weighted by atomic mass is 32.1. The first-order valence-corrected chi connectivity index (χ1v) is 9.44. The molecule has 2 N–H and O–H groups in total. The lowest BCUT2D eigenvalue weighted by Gasteiger charge is -2.20. The van der Waals surface area contributed by atoms with Gasteiger partial charge in [0.05, 0.1) is 10.7 Å². The highest BCUT2D eigenvalue weighted by molar-refractivity contribution is 7.09. The number of amides is 3. The Morgan fingerprint density at radius 2 is 1.89 bits per heavy atom. The molecule has 0 spiro atoms. The molecule has 9 heteroatoms. The second-order valence-electron chi connectivity index (χ2n) is 6.97. The predicted octanol–water partition coefficient (Wildman–Crippen LogP) is 2.81. The van der Waals surface area contributed by atoms with Crippen molar-refractivity contribution in [2.75, 3.05) is 6.61 Å². The van der Waals surface area contributed by atoms with E-state index < -0.39 is 30.1 Å². The lowest BCUT2D eigenvalue weighted by atomic mass is 10.1. The van der Waals surface area contributed by atoms with Crippen molar-refractivity contribution in [3.05, 3.63) is 45.9 Å². The molecule has 0 aliphatic heterocycles. The SMILES string of the molecule is Cc1nc(COc2ccccc2C(=O)OCC(=O)NC(=O)NC(C)(C)C)cs1. The van der Waals surface area contributed by atoms with Crippen LogP contribution in [-0.4, -0.2) is 35.0 Å². The van der Waals surface area contributed by atoms with Gasteiger partial charge < -0.3 is 14.8 Å². The molecule has 0 radical (unpaired) electrons. The van der Waals surface area contributed by atoms with Gasteiger partial charge in [-0.2, -0.15) is 0 Å². The molecule has 0 bridgehead atoms. The Morgan fingerprint density at radius 1 is 1.18 bits per heavy atom. The zero-order valence-electron chi connectivity index (χ0n) is 16.2. The minimum Gasteiger partial charge on any atom is -0.486 e. The topological polar surface area (TPSA) is 107 Å². The van der Waals surface area contributed by atoms with Gasteiger partial charge in [0.2, 0.25) is 0 Å². The first-order chi connectivity index (χ1) is 13.1. The summed E-state index contributed by atoms with van der Waals surface area (Å²) in [5, 5.41) is 7.48. The number of aryl methyl sites for hydroxylation is 1. The second-order valence-corrected chi connectivity index (χ2v) is 8.03. The van der Waals surface area contributed by atoms with Crippen molar-refractivity contribution in [1.29, 1.82) is 0 Å². The molecule has 0 unspecified atom stereocenters. The minimum absolute atomic E-state index is 0.182. The van der Waals surface area contributed by atoms with Crippen molar-refractivity contribution < 1.29 is 23.9 Å². The van der Waals surface area contributed by atoms with E-state index in [0.717, 1.165) is 10.7 Å². The van der Waals surface area contributed by atoms with E-state index in [1.165, 1.54) is 17.4 Å². The summed E-state index contributed by atoms with van der Waals surface area (Å²) < 4.78 is 10.7. The van der Waals surface area contributed by atoms with Crippen LogP contribution >= 0.6 is 11.3 Å². The van der Waals surface area contributed by atoms with Gasteiger partial charge in [-0.15, -0.1) is 11.3 Å². The van der Waals surface area contributed by atoms with Gasteiger partial charge in [0.25, 0.3) is 5.91 Å². The van der Waals surface area contributed by atoms with Crippen LogP contribution in [0.1, 0.15) is 41.8 Å². The third-order valence-corrected chi connectivity index (χ3v) is 4.05. The number of hydrogen-bond donors (Lipinski definition) is 2. The van der Waals surface area contributed by atoms with E-state index in [1.54, 1.807) is 39.0 Å². The molecular weight excluding hydrogens is 382 g/mol. The molecule has 1 heterocycles. The van der Waals surface area contributed by atoms with E-state index in [-0.39, 0.29) is 12.2 Å². The van der Waals surface area contributed by atoms with Crippen LogP contribution in [-0.2, 0) is 16.1 Å². The summed E-state index contributed by atoms with van der Waals surface area (Å²) in [6.07, 6.45) is 0. The van der Waals surface area contributed by atoms with E-state index in [4.69, 9.17) is 9.47 Å². The van der Waals surface area contributed by atoms with Gasteiger partial charge in [-0.25, -0.2) is 14.6 Å². The minimum atomic E-state index is -0.730. The van der Waals surface area contributed by atoms with Crippen LogP contribution in [0, 0.1) is 6.92 Å². The first-order valence-electron chi connectivity index (χ1n) is 8.56. The maximum absolute atomic E-state index is 12.3. The fraction of sp³-hybridized carbons (Fsp3) is 0.368. The molecule has 0 saturated carbocycles. The summed E-state index contributed by atoms with van der Waals surface area (Å²) in [5.74, 6) is -1.13. The average Bonchev–Trinajstić information content (AvgIpc) is 3.01. The molecule has 0 saturated heterocycles. The van der Waals surface area contributed by atoms with E-state index >= 15 is 0 Å². The number of urea groups is 1. The number of nitrogens with one attached hydrogen (secondary N) is 2. The summed E-state index contributed by atoms with van der Waals surface area (Å²) in [6, 6.07) is 5.90. The van der Waals surface area contributed by atoms with Crippen LogP contribution in [0.5, 0.6) is 5.75 Å². The monoisotopic (exact) mass is 405 g/mol. The van der Waals surface area contributed by atoms with Crippen LogP contribution in [0.4, 0.5) is 4.79 Å². The van der Waals surface area contributed by atoms with Gasteiger partial charge in [0, 0.05) is 10.9 Å². The van der Waals surface area contributed by atoms with E-state index in [9.17, 15) is 14.4 Å². The number of carbonyl (C=O) groups is 3. The van der Waals surface area contributed by atoms with Crippen LogP contribution in [0.2, 0.25) is 0 Å². The molecule has 0 aliphatic carbocycles. The largest absolute Gasteiger partial charge is 0.486 e. The number of nitrogens with zero attached hydrogens (tertiary/aromatic N) is 1. The Bertz CT molecular complexity index is 857. The standard InChI is InChI=1S/C19H23N3O5S/c1-12-20-13(11-28-12)9-26-15-8-6-5-7-14(15)17(24)27-10-16(23)21-18(25)22-19(2,3)4/h5-8,11H,9-10H2,1-4H3,(H2,21,22,23,25). The van der Waals surface area contributed by atoms with Crippen molar-refractivity contribution in [1.82, 2.24) is 15.6 Å². The van der Waals surface area contributed by atoms with Gasteiger partial charge in [0.15, 0.2) is 6.61 Å². The predicted molar refractivity (Wildman–Crippen MR) is 104 cm³/mol. The van der Waals surface area contributed by atoms with Gasteiger partial charge in [-0.05, 0) is 39.8 Å². The number of esters is 1. The van der Waals surface area contributed by atoms with Crippen molar-refractivity contribution in [3.8, 4) is 5.75 Å². The number of ether oxygens (including phenoxy) is 2. The lowest BCUT2D eigenvalue weighted by Crippen LogP contribution is -2.49. The summed E-state index contributed by atoms with van der Waals surface area (Å²) in [6.45, 7) is 6.85. The van der Waals surface area contributed by atoms with Crippen LogP contribution < -0.4 is 15.4 Å². The van der Waals surface area contributed by atoms with Crippen LogP contribution in [0.15, 0.2) is 29.6 Å². The third kappa shape index (κ3) is 6.99. The van der Waals surface area contributed by atoms with Crippen molar-refractivity contribution in [2.45, 2.75) is 39.8 Å². The summed E-state index contributed by atoms with van der Waals surface area (Å²) >= 11 is 1.51. The number of rotatable bonds is 6. The Labute approximate surface area is 167 Å². The summed E-state index contributed by atoms with van der Waals surface area (Å²) in [5.41, 5.74) is 0.448. The Balaban J connectivity index is 1.90. The number of thiazole rings is 1. The molecule has 0 aliphatic rings. The molecule has 3 amide bonds. The fourth-order valence-electron chi connectivity index (χ4n) is 2.13. The maximum Gasteiger partial charge on any atom is 0.342 e.